The summed E-state index contributed by atoms with van der Waals surface area (Å²) in [6.45, 7) is 2.46. The van der Waals surface area contributed by atoms with Gasteiger partial charge in [-0.2, -0.15) is 11.3 Å². The molecule has 4 rings (SSSR count). The van der Waals surface area contributed by atoms with Crippen LogP contribution in [0.2, 0.25) is 0 Å². The summed E-state index contributed by atoms with van der Waals surface area (Å²) in [5.41, 5.74) is 2.83. The molecule has 0 fully saturated rings. The third-order valence-corrected chi connectivity index (χ3v) is 4.33. The van der Waals surface area contributed by atoms with Gasteiger partial charge in [-0.05, 0) is 30.5 Å². The van der Waals surface area contributed by atoms with Crippen molar-refractivity contribution in [2.45, 2.75) is 13.5 Å². The lowest BCUT2D eigenvalue weighted by atomic mass is 10.2. The van der Waals surface area contributed by atoms with Crippen LogP contribution in [0.4, 0.5) is 5.82 Å². The van der Waals surface area contributed by atoms with Crippen LogP contribution in [0.25, 0.3) is 22.3 Å². The summed E-state index contributed by atoms with van der Waals surface area (Å²) in [6, 6.07) is 10.0. The van der Waals surface area contributed by atoms with Gasteiger partial charge >= 0.3 is 0 Å². The summed E-state index contributed by atoms with van der Waals surface area (Å²) in [6.07, 6.45) is 1.46. The molecule has 5 nitrogen and oxygen atoms in total. The molecule has 1 N–H and O–H groups in total. The molecular weight excluding hydrogens is 308 g/mol. The molecule has 0 bridgehead atoms. The van der Waals surface area contributed by atoms with Gasteiger partial charge in [-0.3, -0.25) is 0 Å². The van der Waals surface area contributed by atoms with Gasteiger partial charge in [0, 0.05) is 16.3 Å². The molecule has 0 saturated carbocycles. The number of anilines is 1. The molecule has 0 amide bonds. The van der Waals surface area contributed by atoms with Crippen LogP contribution in [0.1, 0.15) is 11.5 Å². The maximum atomic E-state index is 5.24. The van der Waals surface area contributed by atoms with E-state index in [2.05, 4.69) is 20.7 Å². The topological polar surface area (TPSA) is 63.8 Å². The molecule has 0 unspecified atom stereocenters. The minimum absolute atomic E-state index is 0.562. The molecule has 0 saturated heterocycles. The monoisotopic (exact) mass is 322 g/mol. The van der Waals surface area contributed by atoms with Crippen molar-refractivity contribution in [1.29, 1.82) is 0 Å². The fraction of sp³-hybridized carbons (Fsp3) is 0.118. The molecule has 0 aliphatic carbocycles. The number of hydrogen-bond acceptors (Lipinski definition) is 6. The van der Waals surface area contributed by atoms with Crippen molar-refractivity contribution < 1.29 is 4.42 Å². The van der Waals surface area contributed by atoms with Crippen molar-refractivity contribution in [2.75, 3.05) is 5.32 Å². The summed E-state index contributed by atoms with van der Waals surface area (Å²) >= 11 is 1.64. The Kier molecular flexibility index (Phi) is 3.51. The van der Waals surface area contributed by atoms with Gasteiger partial charge in [0.25, 0.3) is 0 Å². The molecule has 0 aliphatic heterocycles. The van der Waals surface area contributed by atoms with Crippen molar-refractivity contribution in [2.24, 2.45) is 0 Å². The van der Waals surface area contributed by atoms with Crippen LogP contribution in [-0.4, -0.2) is 15.0 Å². The number of para-hydroxylation sites is 1. The Morgan fingerprint density at radius 3 is 2.87 bits per heavy atom. The summed E-state index contributed by atoms with van der Waals surface area (Å²) in [5.74, 6) is 2.34. The lowest BCUT2D eigenvalue weighted by molar-refractivity contribution is 0.524. The second kappa shape index (κ2) is 5.81. The number of nitrogens with one attached hydrogen (secondary N) is 1. The number of thiophene rings is 1. The van der Waals surface area contributed by atoms with Gasteiger partial charge in [-0.25, -0.2) is 15.0 Å². The molecule has 114 valence electrons. The first-order chi connectivity index (χ1) is 11.3. The van der Waals surface area contributed by atoms with Crippen LogP contribution >= 0.6 is 11.3 Å². The van der Waals surface area contributed by atoms with Gasteiger partial charge in [-0.15, -0.1) is 0 Å². The van der Waals surface area contributed by atoms with Crippen LogP contribution in [-0.2, 0) is 6.54 Å². The molecule has 4 aromatic rings. The first-order valence-electron chi connectivity index (χ1n) is 7.23. The average molecular weight is 322 g/mol. The SMILES string of the molecule is Cc1ocnc1CNc1nc(-c2ccsc2)nc2ccccc12. The Morgan fingerprint density at radius 1 is 1.17 bits per heavy atom. The van der Waals surface area contributed by atoms with Gasteiger partial charge in [0.05, 0.1) is 12.1 Å². The normalized spacial score (nSPS) is 11.0. The van der Waals surface area contributed by atoms with Crippen LogP contribution in [0, 0.1) is 6.92 Å². The van der Waals surface area contributed by atoms with Gasteiger partial charge in [-0.1, -0.05) is 12.1 Å². The summed E-state index contributed by atoms with van der Waals surface area (Å²) < 4.78 is 5.24. The molecule has 6 heteroatoms. The number of fused-ring (bicyclic) bond motifs is 1. The number of hydrogen-bond donors (Lipinski definition) is 1. The van der Waals surface area contributed by atoms with E-state index >= 15 is 0 Å². The first kappa shape index (κ1) is 13.9. The molecular formula is C17H14N4OS. The van der Waals surface area contributed by atoms with Crippen LogP contribution in [0.3, 0.4) is 0 Å². The highest BCUT2D eigenvalue weighted by Crippen LogP contribution is 2.26. The maximum Gasteiger partial charge on any atom is 0.181 e. The predicted molar refractivity (Wildman–Crippen MR) is 91.4 cm³/mol. The Morgan fingerprint density at radius 2 is 2.09 bits per heavy atom. The smallest absolute Gasteiger partial charge is 0.181 e. The van der Waals surface area contributed by atoms with Gasteiger partial charge in [0.15, 0.2) is 12.2 Å². The van der Waals surface area contributed by atoms with E-state index in [9.17, 15) is 0 Å². The average Bonchev–Trinajstić information content (AvgIpc) is 3.24. The zero-order valence-corrected chi connectivity index (χ0v) is 13.3. The van der Waals surface area contributed by atoms with E-state index in [1.807, 2.05) is 42.6 Å². The van der Waals surface area contributed by atoms with Crippen molar-refractivity contribution >= 4 is 28.1 Å². The van der Waals surface area contributed by atoms with Gasteiger partial charge in [0.2, 0.25) is 0 Å². The molecule has 0 spiro atoms. The number of rotatable bonds is 4. The van der Waals surface area contributed by atoms with E-state index < -0.39 is 0 Å². The molecule has 0 atom stereocenters. The van der Waals surface area contributed by atoms with E-state index in [1.165, 1.54) is 6.39 Å². The number of aryl methyl sites for hydroxylation is 1. The van der Waals surface area contributed by atoms with E-state index in [-0.39, 0.29) is 0 Å². The van der Waals surface area contributed by atoms with E-state index in [0.717, 1.165) is 39.6 Å². The Hall–Kier alpha value is -2.73. The van der Waals surface area contributed by atoms with E-state index in [1.54, 1.807) is 11.3 Å². The summed E-state index contributed by atoms with van der Waals surface area (Å²) in [4.78, 5) is 13.6. The van der Waals surface area contributed by atoms with Crippen molar-refractivity contribution in [3.8, 4) is 11.4 Å². The lowest BCUT2D eigenvalue weighted by Gasteiger charge is -2.09. The first-order valence-corrected chi connectivity index (χ1v) is 8.18. The van der Waals surface area contributed by atoms with Crippen molar-refractivity contribution in [3.05, 3.63) is 58.9 Å². The lowest BCUT2D eigenvalue weighted by Crippen LogP contribution is -2.05. The van der Waals surface area contributed by atoms with E-state index in [4.69, 9.17) is 9.40 Å². The minimum Gasteiger partial charge on any atom is -0.448 e. The third kappa shape index (κ3) is 2.68. The van der Waals surface area contributed by atoms with Crippen LogP contribution in [0.15, 0.2) is 51.9 Å². The molecule has 0 radical (unpaired) electrons. The molecule has 23 heavy (non-hydrogen) atoms. The maximum absolute atomic E-state index is 5.24. The quantitative estimate of drug-likeness (QED) is 0.608. The van der Waals surface area contributed by atoms with Gasteiger partial charge < -0.3 is 9.73 Å². The number of nitrogens with zero attached hydrogens (tertiary/aromatic N) is 3. The van der Waals surface area contributed by atoms with Crippen LogP contribution in [0.5, 0.6) is 0 Å². The Balaban J connectivity index is 1.76. The minimum atomic E-state index is 0.562. The van der Waals surface area contributed by atoms with Crippen LogP contribution < -0.4 is 5.32 Å². The predicted octanol–water partition coefficient (Wildman–Crippen LogP) is 4.27. The summed E-state index contributed by atoms with van der Waals surface area (Å²) in [7, 11) is 0. The second-order valence-corrected chi connectivity index (χ2v) is 5.91. The highest BCUT2D eigenvalue weighted by molar-refractivity contribution is 7.08. The number of benzene rings is 1. The number of aromatic nitrogens is 3. The number of oxazole rings is 1. The Bertz CT molecular complexity index is 946. The molecule has 3 heterocycles. The second-order valence-electron chi connectivity index (χ2n) is 5.13. The fourth-order valence-electron chi connectivity index (χ4n) is 2.40. The zero-order chi connectivity index (χ0) is 15.6. The Labute approximate surface area is 137 Å². The summed E-state index contributed by atoms with van der Waals surface area (Å²) in [5, 5.41) is 8.43. The molecule has 1 aromatic carbocycles. The fourth-order valence-corrected chi connectivity index (χ4v) is 3.03. The highest BCUT2D eigenvalue weighted by Gasteiger charge is 2.10. The highest BCUT2D eigenvalue weighted by atomic mass is 32.1. The van der Waals surface area contributed by atoms with Crippen molar-refractivity contribution in [3.63, 3.8) is 0 Å². The standard InChI is InChI=1S/C17H14N4OS/c1-11-15(19-10-22-11)8-18-17-13-4-2-3-5-14(13)20-16(21-17)12-6-7-23-9-12/h2-7,9-10H,8H2,1H3,(H,18,20,21). The molecule has 3 aromatic heterocycles. The van der Waals surface area contributed by atoms with Crippen molar-refractivity contribution in [1.82, 2.24) is 15.0 Å². The molecule has 0 aliphatic rings. The third-order valence-electron chi connectivity index (χ3n) is 3.65. The largest absolute Gasteiger partial charge is 0.448 e. The van der Waals surface area contributed by atoms with Gasteiger partial charge in [0.1, 0.15) is 17.3 Å². The van der Waals surface area contributed by atoms with E-state index in [0.29, 0.717) is 6.54 Å². The zero-order valence-electron chi connectivity index (χ0n) is 12.5.